The van der Waals surface area contributed by atoms with E-state index in [0.29, 0.717) is 6.54 Å². The summed E-state index contributed by atoms with van der Waals surface area (Å²) in [6.07, 6.45) is 1.96. The Hall–Kier alpha value is -2.31. The van der Waals surface area contributed by atoms with E-state index < -0.39 is 0 Å². The molecule has 0 N–H and O–H groups in total. The smallest absolute Gasteiger partial charge is 0.123 e. The highest BCUT2D eigenvalue weighted by Crippen LogP contribution is 2.25. The van der Waals surface area contributed by atoms with Crippen molar-refractivity contribution in [3.63, 3.8) is 0 Å². The quantitative estimate of drug-likeness (QED) is 0.464. The summed E-state index contributed by atoms with van der Waals surface area (Å²) in [5.74, 6) is 0. The standard InChI is InChI=1S/C19H15BrN4S/c1-13-2-4-14(5-3-13)18-11-24(23-22-18)10-17-12-25-19(21-17)15-6-8-16(20)9-7-15/h2-9,11-12H,10H2,1H3. The van der Waals surface area contributed by atoms with Crippen LogP contribution in [0.5, 0.6) is 0 Å². The minimum Gasteiger partial charge on any atom is -0.246 e. The molecule has 0 bridgehead atoms. The van der Waals surface area contributed by atoms with E-state index in [0.717, 1.165) is 32.0 Å². The molecule has 4 aromatic rings. The fourth-order valence-electron chi connectivity index (χ4n) is 2.50. The van der Waals surface area contributed by atoms with Gasteiger partial charge in [0, 0.05) is 21.0 Å². The Labute approximate surface area is 158 Å². The highest BCUT2D eigenvalue weighted by atomic mass is 79.9. The Morgan fingerprint density at radius 1 is 1.00 bits per heavy atom. The largest absolute Gasteiger partial charge is 0.246 e. The second-order valence-electron chi connectivity index (χ2n) is 5.82. The number of thiazole rings is 1. The van der Waals surface area contributed by atoms with Crippen molar-refractivity contribution >= 4 is 27.3 Å². The lowest BCUT2D eigenvalue weighted by atomic mass is 10.1. The van der Waals surface area contributed by atoms with E-state index >= 15 is 0 Å². The average Bonchev–Trinajstić information content (AvgIpc) is 3.27. The molecule has 6 heteroatoms. The Balaban J connectivity index is 1.51. The van der Waals surface area contributed by atoms with Crippen molar-refractivity contribution in [3.05, 3.63) is 75.8 Å². The molecule has 0 spiro atoms. The van der Waals surface area contributed by atoms with Gasteiger partial charge in [-0.25, -0.2) is 9.67 Å². The van der Waals surface area contributed by atoms with Crippen LogP contribution in [0.3, 0.4) is 0 Å². The number of nitrogens with zero attached hydrogens (tertiary/aromatic N) is 4. The maximum atomic E-state index is 4.71. The van der Waals surface area contributed by atoms with Crippen molar-refractivity contribution in [1.82, 2.24) is 20.0 Å². The van der Waals surface area contributed by atoms with Gasteiger partial charge in [0.2, 0.25) is 0 Å². The van der Waals surface area contributed by atoms with Gasteiger partial charge < -0.3 is 0 Å². The van der Waals surface area contributed by atoms with Gasteiger partial charge in [-0.05, 0) is 19.1 Å². The van der Waals surface area contributed by atoms with Gasteiger partial charge in [-0.3, -0.25) is 0 Å². The molecule has 0 saturated heterocycles. The van der Waals surface area contributed by atoms with Gasteiger partial charge in [0.05, 0.1) is 18.4 Å². The molecule has 0 aliphatic carbocycles. The summed E-state index contributed by atoms with van der Waals surface area (Å²) in [7, 11) is 0. The van der Waals surface area contributed by atoms with E-state index in [1.165, 1.54) is 5.56 Å². The van der Waals surface area contributed by atoms with Crippen LogP contribution in [0, 0.1) is 6.92 Å². The zero-order valence-corrected chi connectivity index (χ0v) is 16.0. The third kappa shape index (κ3) is 3.70. The van der Waals surface area contributed by atoms with Crippen LogP contribution in [0.1, 0.15) is 11.3 Å². The molecule has 0 unspecified atom stereocenters. The molecule has 0 atom stereocenters. The van der Waals surface area contributed by atoms with Gasteiger partial charge in [-0.15, -0.1) is 16.4 Å². The predicted octanol–water partition coefficient (Wildman–Crippen LogP) is 5.19. The summed E-state index contributed by atoms with van der Waals surface area (Å²) in [4.78, 5) is 4.71. The molecular weight excluding hydrogens is 396 g/mol. The van der Waals surface area contributed by atoms with Crippen molar-refractivity contribution in [1.29, 1.82) is 0 Å². The Kier molecular flexibility index (Phi) is 4.46. The predicted molar refractivity (Wildman–Crippen MR) is 105 cm³/mol. The van der Waals surface area contributed by atoms with E-state index in [-0.39, 0.29) is 0 Å². The molecule has 124 valence electrons. The molecule has 0 amide bonds. The third-order valence-electron chi connectivity index (χ3n) is 3.85. The molecule has 25 heavy (non-hydrogen) atoms. The summed E-state index contributed by atoms with van der Waals surface area (Å²) >= 11 is 5.10. The van der Waals surface area contributed by atoms with Crippen LogP contribution < -0.4 is 0 Å². The SMILES string of the molecule is Cc1ccc(-c2cn(Cc3csc(-c4ccc(Br)cc4)n3)nn2)cc1. The first-order valence-electron chi connectivity index (χ1n) is 7.85. The number of halogens is 1. The number of aryl methyl sites for hydroxylation is 1. The third-order valence-corrected chi connectivity index (χ3v) is 5.32. The normalized spacial score (nSPS) is 11.0. The second-order valence-corrected chi connectivity index (χ2v) is 7.59. The maximum absolute atomic E-state index is 4.71. The molecule has 2 aromatic heterocycles. The highest BCUT2D eigenvalue weighted by molar-refractivity contribution is 9.10. The van der Waals surface area contributed by atoms with Crippen LogP contribution in [0.15, 0.2) is 64.6 Å². The number of rotatable bonds is 4. The molecule has 0 radical (unpaired) electrons. The van der Waals surface area contributed by atoms with E-state index in [9.17, 15) is 0 Å². The zero-order valence-electron chi connectivity index (χ0n) is 13.6. The van der Waals surface area contributed by atoms with Crippen LogP contribution in [0.2, 0.25) is 0 Å². The van der Waals surface area contributed by atoms with E-state index in [1.54, 1.807) is 11.3 Å². The Morgan fingerprint density at radius 3 is 2.48 bits per heavy atom. The van der Waals surface area contributed by atoms with Crippen LogP contribution in [-0.4, -0.2) is 20.0 Å². The van der Waals surface area contributed by atoms with Crippen LogP contribution >= 0.6 is 27.3 Å². The van der Waals surface area contributed by atoms with Crippen LogP contribution in [0.25, 0.3) is 21.8 Å². The first-order valence-corrected chi connectivity index (χ1v) is 9.52. The average molecular weight is 411 g/mol. The lowest BCUT2D eigenvalue weighted by Gasteiger charge is -1.98. The molecule has 0 aliphatic heterocycles. The monoisotopic (exact) mass is 410 g/mol. The Bertz CT molecular complexity index is 905. The van der Waals surface area contributed by atoms with Gasteiger partial charge in [0.1, 0.15) is 10.7 Å². The minimum atomic E-state index is 0.617. The van der Waals surface area contributed by atoms with Gasteiger partial charge in [-0.1, -0.05) is 63.1 Å². The van der Waals surface area contributed by atoms with Gasteiger partial charge >= 0.3 is 0 Å². The van der Waals surface area contributed by atoms with Crippen LogP contribution in [0.4, 0.5) is 0 Å². The number of benzene rings is 2. The Morgan fingerprint density at radius 2 is 1.72 bits per heavy atom. The molecule has 4 rings (SSSR count). The van der Waals surface area contributed by atoms with Gasteiger partial charge in [0.25, 0.3) is 0 Å². The van der Waals surface area contributed by atoms with Crippen molar-refractivity contribution in [2.45, 2.75) is 13.5 Å². The number of aromatic nitrogens is 4. The molecular formula is C19H15BrN4S. The lowest BCUT2D eigenvalue weighted by Crippen LogP contribution is -2.00. The van der Waals surface area contributed by atoms with Gasteiger partial charge in [0.15, 0.2) is 0 Å². The fraction of sp³-hybridized carbons (Fsp3) is 0.105. The summed E-state index contributed by atoms with van der Waals surface area (Å²) in [6.45, 7) is 2.69. The van der Waals surface area contributed by atoms with Crippen molar-refractivity contribution in [3.8, 4) is 21.8 Å². The molecule has 4 nitrogen and oxygen atoms in total. The number of hydrogen-bond acceptors (Lipinski definition) is 4. The molecule has 2 aromatic carbocycles. The summed E-state index contributed by atoms with van der Waals surface area (Å²) < 4.78 is 2.90. The van der Waals surface area contributed by atoms with Crippen LogP contribution in [-0.2, 0) is 6.54 Å². The van der Waals surface area contributed by atoms with Crippen molar-refractivity contribution in [2.75, 3.05) is 0 Å². The first-order chi connectivity index (χ1) is 12.2. The number of hydrogen-bond donors (Lipinski definition) is 0. The molecule has 2 heterocycles. The van der Waals surface area contributed by atoms with Crippen molar-refractivity contribution < 1.29 is 0 Å². The highest BCUT2D eigenvalue weighted by Gasteiger charge is 2.08. The lowest BCUT2D eigenvalue weighted by molar-refractivity contribution is 0.641. The van der Waals surface area contributed by atoms with E-state index in [4.69, 9.17) is 4.98 Å². The zero-order chi connectivity index (χ0) is 17.2. The summed E-state index contributed by atoms with van der Waals surface area (Å²) in [5, 5.41) is 11.6. The second kappa shape index (κ2) is 6.90. The summed E-state index contributed by atoms with van der Waals surface area (Å²) in [5.41, 5.74) is 5.30. The summed E-state index contributed by atoms with van der Waals surface area (Å²) in [6, 6.07) is 16.5. The first kappa shape index (κ1) is 16.2. The topological polar surface area (TPSA) is 43.6 Å². The minimum absolute atomic E-state index is 0.617. The molecule has 0 aliphatic rings. The molecule has 0 saturated carbocycles. The van der Waals surface area contributed by atoms with Crippen molar-refractivity contribution in [2.24, 2.45) is 0 Å². The van der Waals surface area contributed by atoms with E-state index in [2.05, 4.69) is 74.9 Å². The maximum Gasteiger partial charge on any atom is 0.123 e. The van der Waals surface area contributed by atoms with Gasteiger partial charge in [-0.2, -0.15) is 0 Å². The van der Waals surface area contributed by atoms with E-state index in [1.807, 2.05) is 23.0 Å². The molecule has 0 fully saturated rings. The fourth-order valence-corrected chi connectivity index (χ4v) is 3.58.